The van der Waals surface area contributed by atoms with Crippen LogP contribution in [0.2, 0.25) is 0 Å². The quantitative estimate of drug-likeness (QED) is 0.574. The number of hydrogen-bond acceptors (Lipinski definition) is 6. The van der Waals surface area contributed by atoms with Gasteiger partial charge in [0, 0.05) is 22.8 Å². The van der Waals surface area contributed by atoms with Crippen molar-refractivity contribution < 1.29 is 9.47 Å². The Morgan fingerprint density at radius 1 is 1.15 bits per heavy atom. The number of methoxy groups -OCH3 is 1. The second kappa shape index (κ2) is 8.88. The van der Waals surface area contributed by atoms with E-state index in [1.807, 2.05) is 60.8 Å². The lowest BCUT2D eigenvalue weighted by Gasteiger charge is -2.05. The summed E-state index contributed by atoms with van der Waals surface area (Å²) in [5.41, 5.74) is 3.17. The lowest BCUT2D eigenvalue weighted by atomic mass is 10.2. The fraction of sp³-hybridized carbons (Fsp3) is 0.143. The zero-order chi connectivity index (χ0) is 19.1. The molecule has 0 saturated carbocycles. The Morgan fingerprint density at radius 2 is 1.85 bits per heavy atom. The first-order chi connectivity index (χ1) is 13.2. The van der Waals surface area contributed by atoms with Gasteiger partial charge in [-0.3, -0.25) is 0 Å². The summed E-state index contributed by atoms with van der Waals surface area (Å²) < 4.78 is 10.6. The molecule has 1 heterocycles. The van der Waals surface area contributed by atoms with Gasteiger partial charge in [-0.1, -0.05) is 0 Å². The van der Waals surface area contributed by atoms with E-state index in [0.29, 0.717) is 17.2 Å². The molecule has 0 atom stereocenters. The molecule has 0 aliphatic heterocycles. The molecule has 0 saturated heterocycles. The molecule has 1 N–H and O–H groups in total. The minimum atomic E-state index is 0.480. The first-order valence-electron chi connectivity index (χ1n) is 8.43. The van der Waals surface area contributed by atoms with Crippen LogP contribution in [-0.2, 0) is 0 Å². The van der Waals surface area contributed by atoms with Gasteiger partial charge in [-0.25, -0.2) is 4.98 Å². The topological polar surface area (TPSA) is 67.2 Å². The molecule has 0 radical (unpaired) electrons. The van der Waals surface area contributed by atoms with Gasteiger partial charge in [-0.15, -0.1) is 11.3 Å². The van der Waals surface area contributed by atoms with Crippen LogP contribution in [0.3, 0.4) is 0 Å². The number of hydrogen-bond donors (Lipinski definition) is 1. The predicted molar refractivity (Wildman–Crippen MR) is 109 cm³/mol. The van der Waals surface area contributed by atoms with Crippen LogP contribution >= 0.6 is 11.3 Å². The molecule has 0 aliphatic carbocycles. The number of aromatic nitrogens is 1. The Kier molecular flexibility index (Phi) is 6.08. The van der Waals surface area contributed by atoms with E-state index < -0.39 is 0 Å². The maximum atomic E-state index is 9.49. The molecule has 0 amide bonds. The van der Waals surface area contributed by atoms with Crippen LogP contribution in [0, 0.1) is 11.3 Å². The van der Waals surface area contributed by atoms with Crippen LogP contribution in [0.15, 0.2) is 60.1 Å². The number of rotatable bonds is 7. The molecular weight excluding hydrogens is 358 g/mol. The van der Waals surface area contributed by atoms with Crippen molar-refractivity contribution in [2.45, 2.75) is 6.92 Å². The molecule has 0 spiro atoms. The molecule has 2 aromatic carbocycles. The zero-order valence-electron chi connectivity index (χ0n) is 15.1. The molecule has 27 heavy (non-hydrogen) atoms. The first-order valence-corrected chi connectivity index (χ1v) is 9.31. The highest BCUT2D eigenvalue weighted by Crippen LogP contribution is 2.27. The molecule has 1 aromatic heterocycles. The van der Waals surface area contributed by atoms with Crippen molar-refractivity contribution in [2.75, 3.05) is 19.0 Å². The second-order valence-electron chi connectivity index (χ2n) is 5.54. The number of nitriles is 1. The summed E-state index contributed by atoms with van der Waals surface area (Å²) in [4.78, 5) is 4.58. The fourth-order valence-corrected chi connectivity index (χ4v) is 3.20. The van der Waals surface area contributed by atoms with Crippen LogP contribution in [-0.4, -0.2) is 18.7 Å². The van der Waals surface area contributed by atoms with Gasteiger partial charge in [-0.05, 0) is 55.5 Å². The predicted octanol–water partition coefficient (Wildman–Crippen LogP) is 5.19. The number of anilines is 1. The van der Waals surface area contributed by atoms with Gasteiger partial charge in [0.05, 0.1) is 19.4 Å². The molecular formula is C21H19N3O2S. The first kappa shape index (κ1) is 18.5. The molecule has 5 nitrogen and oxygen atoms in total. The maximum absolute atomic E-state index is 9.49. The van der Waals surface area contributed by atoms with E-state index >= 15 is 0 Å². The van der Waals surface area contributed by atoms with Crippen molar-refractivity contribution in [1.82, 2.24) is 4.98 Å². The Hall–Kier alpha value is -3.30. The zero-order valence-corrected chi connectivity index (χ0v) is 15.9. The summed E-state index contributed by atoms with van der Waals surface area (Å²) in [6.07, 6.45) is 1.67. The molecule has 3 aromatic rings. The third-order valence-corrected chi connectivity index (χ3v) is 4.66. The standard InChI is InChI=1S/C21H19N3O2S/c1-3-26-19-10-6-17(7-11-19)23-13-16(12-22)21-24-20(14-27-21)15-4-8-18(25-2)9-5-15/h4-11,13-14,23H,3H2,1-2H3/b16-13-. The van der Waals surface area contributed by atoms with Gasteiger partial charge in [0.2, 0.25) is 0 Å². The fourth-order valence-electron chi connectivity index (χ4n) is 2.40. The Morgan fingerprint density at radius 3 is 2.48 bits per heavy atom. The van der Waals surface area contributed by atoms with E-state index in [0.717, 1.165) is 28.4 Å². The number of thiazole rings is 1. The van der Waals surface area contributed by atoms with Crippen molar-refractivity contribution in [3.8, 4) is 28.8 Å². The van der Waals surface area contributed by atoms with Gasteiger partial charge in [0.1, 0.15) is 28.1 Å². The molecule has 0 unspecified atom stereocenters. The van der Waals surface area contributed by atoms with Gasteiger partial charge in [0.15, 0.2) is 0 Å². The van der Waals surface area contributed by atoms with E-state index in [-0.39, 0.29) is 0 Å². The molecule has 0 aliphatic rings. The number of nitrogens with one attached hydrogen (secondary N) is 1. The number of nitrogens with zero attached hydrogens (tertiary/aromatic N) is 2. The summed E-state index contributed by atoms with van der Waals surface area (Å²) in [6, 6.07) is 17.5. The Balaban J connectivity index is 1.74. The van der Waals surface area contributed by atoms with Gasteiger partial charge in [-0.2, -0.15) is 5.26 Å². The van der Waals surface area contributed by atoms with Gasteiger partial charge in [0.25, 0.3) is 0 Å². The van der Waals surface area contributed by atoms with Gasteiger partial charge < -0.3 is 14.8 Å². The SMILES string of the molecule is CCOc1ccc(N/C=C(/C#N)c2nc(-c3ccc(OC)cc3)cs2)cc1. The summed E-state index contributed by atoms with van der Waals surface area (Å²) in [5, 5.41) is 15.2. The third kappa shape index (κ3) is 4.66. The Bertz CT molecular complexity index is 954. The highest BCUT2D eigenvalue weighted by atomic mass is 32.1. The largest absolute Gasteiger partial charge is 0.497 e. The van der Waals surface area contributed by atoms with E-state index in [2.05, 4.69) is 16.4 Å². The molecule has 136 valence electrons. The summed E-state index contributed by atoms with van der Waals surface area (Å²) in [5.74, 6) is 1.61. The number of allylic oxidation sites excluding steroid dienone is 1. The van der Waals surface area contributed by atoms with E-state index in [1.54, 1.807) is 13.3 Å². The van der Waals surface area contributed by atoms with Crippen LogP contribution in [0.25, 0.3) is 16.8 Å². The smallest absolute Gasteiger partial charge is 0.136 e. The maximum Gasteiger partial charge on any atom is 0.136 e. The highest BCUT2D eigenvalue weighted by molar-refractivity contribution is 7.11. The minimum Gasteiger partial charge on any atom is -0.497 e. The van der Waals surface area contributed by atoms with Crippen molar-refractivity contribution in [2.24, 2.45) is 0 Å². The lowest BCUT2D eigenvalue weighted by Crippen LogP contribution is -1.93. The lowest BCUT2D eigenvalue weighted by molar-refractivity contribution is 0.340. The highest BCUT2D eigenvalue weighted by Gasteiger charge is 2.09. The van der Waals surface area contributed by atoms with Crippen LogP contribution in [0.1, 0.15) is 11.9 Å². The normalized spacial score (nSPS) is 10.9. The van der Waals surface area contributed by atoms with Gasteiger partial charge >= 0.3 is 0 Å². The van der Waals surface area contributed by atoms with E-state index in [1.165, 1.54) is 11.3 Å². The summed E-state index contributed by atoms with van der Waals surface area (Å²) >= 11 is 1.44. The van der Waals surface area contributed by atoms with E-state index in [9.17, 15) is 5.26 Å². The van der Waals surface area contributed by atoms with Crippen molar-refractivity contribution in [1.29, 1.82) is 5.26 Å². The molecule has 6 heteroatoms. The average Bonchev–Trinajstić information content (AvgIpc) is 3.20. The van der Waals surface area contributed by atoms with Crippen LogP contribution in [0.5, 0.6) is 11.5 Å². The minimum absolute atomic E-state index is 0.480. The van der Waals surface area contributed by atoms with E-state index in [4.69, 9.17) is 9.47 Å². The van der Waals surface area contributed by atoms with Crippen molar-refractivity contribution in [3.05, 3.63) is 65.1 Å². The monoisotopic (exact) mass is 377 g/mol. The number of benzene rings is 2. The number of ether oxygens (including phenoxy) is 2. The summed E-state index contributed by atoms with van der Waals surface area (Å²) in [7, 11) is 1.64. The molecule has 0 fully saturated rings. The summed E-state index contributed by atoms with van der Waals surface area (Å²) in [6.45, 7) is 2.58. The Labute approximate surface area is 162 Å². The second-order valence-corrected chi connectivity index (χ2v) is 6.40. The average molecular weight is 377 g/mol. The van der Waals surface area contributed by atoms with Crippen molar-refractivity contribution >= 4 is 22.6 Å². The van der Waals surface area contributed by atoms with Crippen LogP contribution < -0.4 is 14.8 Å². The van der Waals surface area contributed by atoms with Crippen molar-refractivity contribution in [3.63, 3.8) is 0 Å². The molecule has 3 rings (SSSR count). The van der Waals surface area contributed by atoms with Crippen LogP contribution in [0.4, 0.5) is 5.69 Å². The molecule has 0 bridgehead atoms. The third-order valence-electron chi connectivity index (χ3n) is 3.79.